The first kappa shape index (κ1) is 14.3. The van der Waals surface area contributed by atoms with E-state index in [0.29, 0.717) is 6.04 Å². The Morgan fingerprint density at radius 2 is 2.11 bits per heavy atom. The Hall–Kier alpha value is -1.07. The zero-order valence-electron chi connectivity index (χ0n) is 11.5. The van der Waals surface area contributed by atoms with E-state index >= 15 is 0 Å². The second kappa shape index (κ2) is 5.51. The van der Waals surface area contributed by atoms with Gasteiger partial charge in [0.25, 0.3) is 0 Å². The molecule has 0 aromatic heterocycles. The van der Waals surface area contributed by atoms with Crippen molar-refractivity contribution in [2.75, 3.05) is 17.7 Å². The highest BCUT2D eigenvalue weighted by molar-refractivity contribution is 7.90. The Balaban J connectivity index is 2.08. The molecular weight excluding hydrogens is 260 g/mol. The van der Waals surface area contributed by atoms with Crippen LogP contribution in [0.3, 0.4) is 0 Å². The molecule has 1 fully saturated rings. The monoisotopic (exact) mass is 282 g/mol. The molecule has 1 unspecified atom stereocenters. The average molecular weight is 282 g/mol. The fourth-order valence-electron chi connectivity index (χ4n) is 2.49. The van der Waals surface area contributed by atoms with Gasteiger partial charge in [0.2, 0.25) is 0 Å². The summed E-state index contributed by atoms with van der Waals surface area (Å²) >= 11 is 0. The number of hydrogen-bond donors (Lipinski definition) is 1. The molecule has 2 rings (SSSR count). The summed E-state index contributed by atoms with van der Waals surface area (Å²) < 4.78 is 22.9. The maximum absolute atomic E-state index is 11.4. The molecule has 0 heterocycles. The van der Waals surface area contributed by atoms with Crippen molar-refractivity contribution in [3.8, 4) is 0 Å². The van der Waals surface area contributed by atoms with Crippen molar-refractivity contribution >= 4 is 15.5 Å². The third kappa shape index (κ3) is 4.51. The summed E-state index contributed by atoms with van der Waals surface area (Å²) in [6.45, 7) is 2.76. The number of benzene rings is 1. The Labute approximate surface area is 115 Å². The topological polar surface area (TPSA) is 63.4 Å². The van der Waals surface area contributed by atoms with Crippen LogP contribution in [0.25, 0.3) is 0 Å². The van der Waals surface area contributed by atoms with E-state index in [-0.39, 0.29) is 11.8 Å². The van der Waals surface area contributed by atoms with Gasteiger partial charge < -0.3 is 5.73 Å². The fourth-order valence-corrected chi connectivity index (χ4v) is 3.55. The van der Waals surface area contributed by atoms with E-state index in [1.807, 2.05) is 31.2 Å². The van der Waals surface area contributed by atoms with Gasteiger partial charge in [-0.15, -0.1) is 0 Å². The van der Waals surface area contributed by atoms with E-state index in [0.717, 1.165) is 30.6 Å². The Kier molecular flexibility index (Phi) is 4.16. The largest absolute Gasteiger partial charge is 0.399 e. The van der Waals surface area contributed by atoms with Gasteiger partial charge in [-0.3, -0.25) is 4.90 Å². The first-order valence-electron chi connectivity index (χ1n) is 6.63. The van der Waals surface area contributed by atoms with Gasteiger partial charge in [0.05, 0.1) is 5.75 Å². The van der Waals surface area contributed by atoms with Crippen LogP contribution >= 0.6 is 0 Å². The number of nitrogen functional groups attached to an aromatic ring is 1. The summed E-state index contributed by atoms with van der Waals surface area (Å²) in [5.41, 5.74) is 7.69. The second-order valence-electron chi connectivity index (χ2n) is 5.59. The van der Waals surface area contributed by atoms with Crippen molar-refractivity contribution in [3.63, 3.8) is 0 Å². The maximum atomic E-state index is 11.4. The highest BCUT2D eigenvalue weighted by Gasteiger charge is 2.33. The van der Waals surface area contributed by atoms with E-state index in [2.05, 4.69) is 4.90 Å². The van der Waals surface area contributed by atoms with Gasteiger partial charge in [0.15, 0.2) is 0 Å². The highest BCUT2D eigenvalue weighted by atomic mass is 32.2. The minimum atomic E-state index is -2.94. The quantitative estimate of drug-likeness (QED) is 0.806. The van der Waals surface area contributed by atoms with Gasteiger partial charge in [0, 0.05) is 30.6 Å². The third-order valence-electron chi connectivity index (χ3n) is 3.44. The molecule has 4 nitrogen and oxygen atoms in total. The molecule has 1 atom stereocenters. The number of nitrogens with zero attached hydrogens (tertiary/aromatic N) is 1. The first-order chi connectivity index (χ1) is 8.85. The van der Waals surface area contributed by atoms with Crippen LogP contribution in [0.5, 0.6) is 0 Å². The van der Waals surface area contributed by atoms with E-state index in [4.69, 9.17) is 5.73 Å². The summed E-state index contributed by atoms with van der Waals surface area (Å²) in [5.74, 6) is 0.214. The molecule has 0 spiro atoms. The molecule has 0 aliphatic heterocycles. The SMILES string of the molecule is CC(CS(C)(=O)=O)N(Cc1cccc(N)c1)C1CC1. The molecule has 1 aromatic carbocycles. The minimum Gasteiger partial charge on any atom is -0.399 e. The van der Waals surface area contributed by atoms with Crippen LogP contribution in [0.4, 0.5) is 5.69 Å². The molecule has 1 aliphatic carbocycles. The Morgan fingerprint density at radius 3 is 2.63 bits per heavy atom. The number of hydrogen-bond acceptors (Lipinski definition) is 4. The third-order valence-corrected chi connectivity index (χ3v) is 4.53. The predicted molar refractivity (Wildman–Crippen MR) is 78.6 cm³/mol. The lowest BCUT2D eigenvalue weighted by atomic mass is 10.1. The number of anilines is 1. The Morgan fingerprint density at radius 1 is 1.42 bits per heavy atom. The smallest absolute Gasteiger partial charge is 0.148 e. The highest BCUT2D eigenvalue weighted by Crippen LogP contribution is 2.30. The van der Waals surface area contributed by atoms with Crippen molar-refractivity contribution in [1.29, 1.82) is 0 Å². The van der Waals surface area contributed by atoms with Crippen molar-refractivity contribution in [2.24, 2.45) is 0 Å². The predicted octanol–water partition coefficient (Wildman–Crippen LogP) is 1.67. The standard InChI is InChI=1S/C14H22N2O2S/c1-11(10-19(2,17)18)16(14-6-7-14)9-12-4-3-5-13(15)8-12/h3-5,8,11,14H,6-7,9-10,15H2,1-2H3. The lowest BCUT2D eigenvalue weighted by molar-refractivity contribution is 0.204. The maximum Gasteiger partial charge on any atom is 0.148 e. The van der Waals surface area contributed by atoms with Gasteiger partial charge in [-0.05, 0) is 37.5 Å². The zero-order valence-corrected chi connectivity index (χ0v) is 12.4. The van der Waals surface area contributed by atoms with Crippen LogP contribution in [-0.4, -0.2) is 37.4 Å². The van der Waals surface area contributed by atoms with E-state index in [9.17, 15) is 8.42 Å². The first-order valence-corrected chi connectivity index (χ1v) is 8.69. The Bertz CT molecular complexity index is 538. The lowest BCUT2D eigenvalue weighted by Gasteiger charge is -2.28. The van der Waals surface area contributed by atoms with Gasteiger partial charge in [-0.1, -0.05) is 12.1 Å². The van der Waals surface area contributed by atoms with Gasteiger partial charge in [-0.2, -0.15) is 0 Å². The molecule has 5 heteroatoms. The molecule has 0 radical (unpaired) electrons. The molecule has 2 N–H and O–H groups in total. The normalized spacial score (nSPS) is 17.6. The molecule has 0 bridgehead atoms. The second-order valence-corrected chi connectivity index (χ2v) is 7.77. The van der Waals surface area contributed by atoms with Crippen LogP contribution in [0.1, 0.15) is 25.3 Å². The van der Waals surface area contributed by atoms with Crippen LogP contribution in [0.15, 0.2) is 24.3 Å². The summed E-state index contributed by atoms with van der Waals surface area (Å²) in [6, 6.07) is 8.38. The number of sulfone groups is 1. The molecule has 1 aromatic rings. The van der Waals surface area contributed by atoms with Crippen molar-refractivity contribution in [1.82, 2.24) is 4.90 Å². The van der Waals surface area contributed by atoms with E-state index in [1.165, 1.54) is 6.26 Å². The van der Waals surface area contributed by atoms with Crippen LogP contribution in [0, 0.1) is 0 Å². The van der Waals surface area contributed by atoms with Crippen LogP contribution < -0.4 is 5.73 Å². The van der Waals surface area contributed by atoms with E-state index in [1.54, 1.807) is 0 Å². The van der Waals surface area contributed by atoms with Gasteiger partial charge in [0.1, 0.15) is 9.84 Å². The zero-order chi connectivity index (χ0) is 14.0. The van der Waals surface area contributed by atoms with Crippen molar-refractivity contribution in [3.05, 3.63) is 29.8 Å². The number of nitrogens with two attached hydrogens (primary N) is 1. The molecule has 106 valence electrons. The lowest BCUT2D eigenvalue weighted by Crippen LogP contribution is -2.39. The molecule has 0 saturated heterocycles. The minimum absolute atomic E-state index is 0.0453. The average Bonchev–Trinajstić information content (AvgIpc) is 3.07. The van der Waals surface area contributed by atoms with Crippen molar-refractivity contribution < 1.29 is 8.42 Å². The molecular formula is C14H22N2O2S. The summed E-state index contributed by atoms with van der Waals surface area (Å²) in [5, 5.41) is 0. The van der Waals surface area contributed by atoms with Gasteiger partial charge >= 0.3 is 0 Å². The van der Waals surface area contributed by atoms with Crippen LogP contribution in [0.2, 0.25) is 0 Å². The summed E-state index contributed by atoms with van der Waals surface area (Å²) in [7, 11) is -2.94. The van der Waals surface area contributed by atoms with Crippen LogP contribution in [-0.2, 0) is 16.4 Å². The van der Waals surface area contributed by atoms with Crippen molar-refractivity contribution in [2.45, 2.75) is 38.4 Å². The summed E-state index contributed by atoms with van der Waals surface area (Å²) in [4.78, 5) is 2.29. The molecule has 1 saturated carbocycles. The number of rotatable bonds is 6. The molecule has 1 aliphatic rings. The summed E-state index contributed by atoms with van der Waals surface area (Å²) in [6.07, 6.45) is 3.63. The molecule has 19 heavy (non-hydrogen) atoms. The van der Waals surface area contributed by atoms with E-state index < -0.39 is 9.84 Å². The van der Waals surface area contributed by atoms with Gasteiger partial charge in [-0.25, -0.2) is 8.42 Å². The fraction of sp³-hybridized carbons (Fsp3) is 0.571. The molecule has 0 amide bonds.